The van der Waals surface area contributed by atoms with Gasteiger partial charge in [-0.3, -0.25) is 4.79 Å². The van der Waals surface area contributed by atoms with E-state index in [1.54, 1.807) is 36.4 Å². The molecule has 1 aromatic carbocycles. The molecule has 2 heterocycles. The molecule has 0 fully saturated rings. The Kier molecular flexibility index (Phi) is 5.28. The van der Waals surface area contributed by atoms with Crippen molar-refractivity contribution in [3.8, 4) is 11.6 Å². The largest absolute Gasteiger partial charge is 0.461 e. The summed E-state index contributed by atoms with van der Waals surface area (Å²) in [5.41, 5.74) is 1.25. The maximum Gasteiger partial charge on any atom is 0.318 e. The predicted molar refractivity (Wildman–Crippen MR) is 93.5 cm³/mol. The molecule has 0 atom stereocenters. The molecule has 0 radical (unpaired) electrons. The Hall–Kier alpha value is -3.62. The molecule has 0 saturated heterocycles. The van der Waals surface area contributed by atoms with E-state index in [1.807, 2.05) is 0 Å². The van der Waals surface area contributed by atoms with E-state index >= 15 is 0 Å². The van der Waals surface area contributed by atoms with Crippen LogP contribution in [0.15, 0.2) is 51.6 Å². The number of aryl methyl sites for hydroxylation is 1. The first kappa shape index (κ1) is 17.2. The number of anilines is 2. The van der Waals surface area contributed by atoms with Crippen LogP contribution in [0.1, 0.15) is 12.3 Å². The highest BCUT2D eigenvalue weighted by Crippen LogP contribution is 2.17. The standard InChI is InChI=1S/C17H17N5O4/c1-18-17(24)20-12-6-4-11(5-7-12)19-14(23)8-9-15-21-16(22-26-15)13-3-2-10-25-13/h2-7,10H,8-9H2,1H3,(H,19,23)(H2,18,20,24). The number of benzene rings is 1. The van der Waals surface area contributed by atoms with Gasteiger partial charge in [0.05, 0.1) is 6.26 Å². The molecule has 3 N–H and O–H groups in total. The first-order chi connectivity index (χ1) is 12.6. The number of rotatable bonds is 6. The minimum absolute atomic E-state index is 0.185. The monoisotopic (exact) mass is 355 g/mol. The normalized spacial score (nSPS) is 10.3. The van der Waals surface area contributed by atoms with E-state index in [1.165, 1.54) is 13.3 Å². The number of hydrogen-bond donors (Lipinski definition) is 3. The third-order valence-electron chi connectivity index (χ3n) is 3.43. The zero-order valence-corrected chi connectivity index (χ0v) is 14.0. The molecule has 3 amide bonds. The van der Waals surface area contributed by atoms with E-state index in [0.717, 1.165) is 0 Å². The molecule has 2 aromatic heterocycles. The second kappa shape index (κ2) is 7.97. The third-order valence-corrected chi connectivity index (χ3v) is 3.43. The lowest BCUT2D eigenvalue weighted by Gasteiger charge is -2.07. The van der Waals surface area contributed by atoms with Gasteiger partial charge in [-0.05, 0) is 36.4 Å². The van der Waals surface area contributed by atoms with Gasteiger partial charge in [-0.1, -0.05) is 5.16 Å². The van der Waals surface area contributed by atoms with Crippen molar-refractivity contribution in [1.29, 1.82) is 0 Å². The van der Waals surface area contributed by atoms with Gasteiger partial charge >= 0.3 is 6.03 Å². The van der Waals surface area contributed by atoms with Gasteiger partial charge in [-0.25, -0.2) is 4.79 Å². The Morgan fingerprint density at radius 1 is 1.08 bits per heavy atom. The van der Waals surface area contributed by atoms with Crippen LogP contribution in [0.5, 0.6) is 0 Å². The minimum atomic E-state index is -0.310. The van der Waals surface area contributed by atoms with Crippen LogP contribution in [0.25, 0.3) is 11.6 Å². The maximum atomic E-state index is 12.0. The lowest BCUT2D eigenvalue weighted by Crippen LogP contribution is -2.24. The molecule has 0 aliphatic rings. The molecule has 3 aromatic rings. The lowest BCUT2D eigenvalue weighted by molar-refractivity contribution is -0.116. The summed E-state index contributed by atoms with van der Waals surface area (Å²) < 4.78 is 10.3. The van der Waals surface area contributed by atoms with E-state index in [9.17, 15) is 9.59 Å². The highest BCUT2D eigenvalue weighted by Gasteiger charge is 2.12. The van der Waals surface area contributed by atoms with Crippen LogP contribution in [0.4, 0.5) is 16.2 Å². The van der Waals surface area contributed by atoms with Crippen LogP contribution >= 0.6 is 0 Å². The zero-order valence-electron chi connectivity index (χ0n) is 14.0. The van der Waals surface area contributed by atoms with Crippen molar-refractivity contribution in [3.63, 3.8) is 0 Å². The molecular weight excluding hydrogens is 338 g/mol. The quantitative estimate of drug-likeness (QED) is 0.625. The van der Waals surface area contributed by atoms with E-state index < -0.39 is 0 Å². The molecule has 0 unspecified atom stereocenters. The lowest BCUT2D eigenvalue weighted by atomic mass is 10.2. The number of urea groups is 1. The second-order valence-corrected chi connectivity index (χ2v) is 5.32. The highest BCUT2D eigenvalue weighted by molar-refractivity contribution is 5.92. The summed E-state index contributed by atoms with van der Waals surface area (Å²) in [7, 11) is 1.53. The van der Waals surface area contributed by atoms with Crippen LogP contribution in [0.3, 0.4) is 0 Å². The van der Waals surface area contributed by atoms with Crippen LogP contribution < -0.4 is 16.0 Å². The van der Waals surface area contributed by atoms with E-state index in [4.69, 9.17) is 8.94 Å². The first-order valence-corrected chi connectivity index (χ1v) is 7.89. The van der Waals surface area contributed by atoms with Gasteiger partial charge < -0.3 is 24.9 Å². The minimum Gasteiger partial charge on any atom is -0.461 e. The molecule has 134 valence electrons. The topological polar surface area (TPSA) is 122 Å². The van der Waals surface area contributed by atoms with Crippen LogP contribution in [-0.4, -0.2) is 29.1 Å². The summed E-state index contributed by atoms with van der Waals surface area (Å²) in [5.74, 6) is 1.03. The number of amides is 3. The van der Waals surface area contributed by atoms with E-state index in [-0.39, 0.29) is 18.4 Å². The number of carbonyl (C=O) groups excluding carboxylic acids is 2. The summed E-state index contributed by atoms with van der Waals surface area (Å²) in [6.45, 7) is 0. The molecule has 3 rings (SSSR count). The van der Waals surface area contributed by atoms with E-state index in [2.05, 4.69) is 26.1 Å². The average molecular weight is 355 g/mol. The Bertz CT molecular complexity index is 871. The summed E-state index contributed by atoms with van der Waals surface area (Å²) in [4.78, 5) is 27.4. The Morgan fingerprint density at radius 3 is 2.46 bits per heavy atom. The molecule has 0 aliphatic heterocycles. The fourth-order valence-corrected chi connectivity index (χ4v) is 2.14. The number of nitrogens with zero attached hydrogens (tertiary/aromatic N) is 2. The van der Waals surface area contributed by atoms with Crippen LogP contribution in [0, 0.1) is 0 Å². The zero-order chi connectivity index (χ0) is 18.4. The summed E-state index contributed by atoms with van der Waals surface area (Å²) in [6.07, 6.45) is 2.03. The van der Waals surface area contributed by atoms with Crippen molar-refractivity contribution in [2.75, 3.05) is 17.7 Å². The molecule has 9 heteroatoms. The van der Waals surface area contributed by atoms with Gasteiger partial charge in [0.2, 0.25) is 17.6 Å². The van der Waals surface area contributed by atoms with Gasteiger partial charge in [0.1, 0.15) is 0 Å². The van der Waals surface area contributed by atoms with E-state index in [0.29, 0.717) is 35.3 Å². The molecule has 0 spiro atoms. The third kappa shape index (κ3) is 4.47. The molecule has 0 bridgehead atoms. The maximum absolute atomic E-state index is 12.0. The van der Waals surface area contributed by atoms with Gasteiger partial charge in [0.15, 0.2) is 5.76 Å². The van der Waals surface area contributed by atoms with Gasteiger partial charge in [0, 0.05) is 31.3 Å². The smallest absolute Gasteiger partial charge is 0.318 e. The van der Waals surface area contributed by atoms with Crippen molar-refractivity contribution in [2.24, 2.45) is 0 Å². The van der Waals surface area contributed by atoms with Gasteiger partial charge in [0.25, 0.3) is 0 Å². The Morgan fingerprint density at radius 2 is 1.81 bits per heavy atom. The molecule has 0 saturated carbocycles. The van der Waals surface area contributed by atoms with Gasteiger partial charge in [-0.2, -0.15) is 4.98 Å². The second-order valence-electron chi connectivity index (χ2n) is 5.32. The van der Waals surface area contributed by atoms with Crippen LogP contribution in [0.2, 0.25) is 0 Å². The van der Waals surface area contributed by atoms with Gasteiger partial charge in [-0.15, -0.1) is 0 Å². The fraction of sp³-hybridized carbons (Fsp3) is 0.176. The Balaban J connectivity index is 1.49. The summed E-state index contributed by atoms with van der Waals surface area (Å²) >= 11 is 0. The molecular formula is C17H17N5O4. The van der Waals surface area contributed by atoms with Crippen molar-refractivity contribution >= 4 is 23.3 Å². The summed E-state index contributed by atoms with van der Waals surface area (Å²) in [5, 5.41) is 11.7. The predicted octanol–water partition coefficient (Wildman–Crippen LogP) is 2.65. The number of hydrogen-bond acceptors (Lipinski definition) is 6. The van der Waals surface area contributed by atoms with Crippen molar-refractivity contribution in [2.45, 2.75) is 12.8 Å². The molecule has 9 nitrogen and oxygen atoms in total. The van der Waals surface area contributed by atoms with Crippen molar-refractivity contribution < 1.29 is 18.5 Å². The number of furan rings is 1. The van der Waals surface area contributed by atoms with Crippen molar-refractivity contribution in [3.05, 3.63) is 48.6 Å². The number of aromatic nitrogens is 2. The summed E-state index contributed by atoms with van der Waals surface area (Å²) in [6, 6.07) is 9.93. The fourth-order valence-electron chi connectivity index (χ4n) is 2.14. The van der Waals surface area contributed by atoms with Crippen LogP contribution in [-0.2, 0) is 11.2 Å². The first-order valence-electron chi connectivity index (χ1n) is 7.89. The average Bonchev–Trinajstić information content (AvgIpc) is 3.33. The SMILES string of the molecule is CNC(=O)Nc1ccc(NC(=O)CCc2nc(-c3ccco3)no2)cc1. The number of nitrogens with one attached hydrogen (secondary N) is 3. The van der Waals surface area contributed by atoms with Crippen molar-refractivity contribution in [1.82, 2.24) is 15.5 Å². The Labute approximate surface area is 148 Å². The molecule has 26 heavy (non-hydrogen) atoms. The number of carbonyl (C=O) groups is 2. The molecule has 0 aliphatic carbocycles. The highest BCUT2D eigenvalue weighted by atomic mass is 16.5.